The van der Waals surface area contributed by atoms with Gasteiger partial charge in [0, 0.05) is 18.0 Å². The molecule has 2 rings (SSSR count). The highest BCUT2D eigenvalue weighted by Gasteiger charge is 2.11. The first-order valence-corrected chi connectivity index (χ1v) is 8.40. The van der Waals surface area contributed by atoms with E-state index in [9.17, 15) is 9.59 Å². The minimum atomic E-state index is -0.827. The van der Waals surface area contributed by atoms with Crippen LogP contribution in [-0.2, 0) is 11.4 Å². The summed E-state index contributed by atoms with van der Waals surface area (Å²) in [5, 5.41) is 12.0. The van der Waals surface area contributed by atoms with Crippen molar-refractivity contribution < 1.29 is 19.4 Å². The van der Waals surface area contributed by atoms with Crippen LogP contribution in [0.4, 0.5) is 0 Å². The molecule has 0 heterocycles. The lowest BCUT2D eigenvalue weighted by Gasteiger charge is -2.12. The number of amides is 1. The smallest absolute Gasteiger partial charge is 0.303 e. The van der Waals surface area contributed by atoms with Gasteiger partial charge in [-0.3, -0.25) is 9.59 Å². The first kappa shape index (κ1) is 18.8. The molecule has 0 bridgehead atoms. The van der Waals surface area contributed by atoms with Crippen LogP contribution in [0.25, 0.3) is 0 Å². The number of benzene rings is 2. The summed E-state index contributed by atoms with van der Waals surface area (Å²) in [6, 6.07) is 14.3. The standard InChI is InChI=1S/C19H20ClNO4/c20-15-10-8-14(9-11-15)13-25-17-6-2-1-5-16(17)19(24)21-12-4-3-7-18(22)23/h1-2,5-6,8-11H,3-4,7,12-13H2,(H,21,24)(H,22,23). The molecule has 25 heavy (non-hydrogen) atoms. The Kier molecular flexibility index (Phi) is 7.29. The van der Waals surface area contributed by atoms with Gasteiger partial charge in [-0.2, -0.15) is 0 Å². The summed E-state index contributed by atoms with van der Waals surface area (Å²) >= 11 is 5.86. The monoisotopic (exact) mass is 361 g/mol. The molecule has 6 heteroatoms. The Morgan fingerprint density at radius 1 is 1.04 bits per heavy atom. The molecule has 0 spiro atoms. The first-order valence-electron chi connectivity index (χ1n) is 8.02. The Morgan fingerprint density at radius 2 is 1.76 bits per heavy atom. The summed E-state index contributed by atoms with van der Waals surface area (Å²) in [6.07, 6.45) is 1.26. The third-order valence-corrected chi connectivity index (χ3v) is 3.79. The average molecular weight is 362 g/mol. The quantitative estimate of drug-likeness (QED) is 0.664. The normalized spacial score (nSPS) is 10.3. The number of carbonyl (C=O) groups is 2. The summed E-state index contributed by atoms with van der Waals surface area (Å²) in [4.78, 5) is 22.8. The Hall–Kier alpha value is -2.53. The first-order chi connectivity index (χ1) is 12.1. The molecule has 0 atom stereocenters. The number of carbonyl (C=O) groups excluding carboxylic acids is 1. The molecular weight excluding hydrogens is 342 g/mol. The number of halogens is 1. The average Bonchev–Trinajstić information content (AvgIpc) is 2.61. The second-order valence-electron chi connectivity index (χ2n) is 5.52. The van der Waals surface area contributed by atoms with E-state index in [0.717, 1.165) is 5.56 Å². The van der Waals surface area contributed by atoms with Crippen LogP contribution in [0.2, 0.25) is 5.02 Å². The zero-order chi connectivity index (χ0) is 18.1. The molecule has 5 nitrogen and oxygen atoms in total. The number of hydrogen-bond donors (Lipinski definition) is 2. The van der Waals surface area contributed by atoms with Gasteiger partial charge in [0.1, 0.15) is 12.4 Å². The third kappa shape index (κ3) is 6.47. The van der Waals surface area contributed by atoms with Gasteiger partial charge in [0.2, 0.25) is 0 Å². The maximum atomic E-state index is 12.3. The van der Waals surface area contributed by atoms with Crippen molar-refractivity contribution in [1.82, 2.24) is 5.32 Å². The van der Waals surface area contributed by atoms with E-state index in [2.05, 4.69) is 5.32 Å². The molecular formula is C19H20ClNO4. The van der Waals surface area contributed by atoms with Crippen molar-refractivity contribution in [3.8, 4) is 5.75 Å². The lowest BCUT2D eigenvalue weighted by molar-refractivity contribution is -0.137. The van der Waals surface area contributed by atoms with Crippen LogP contribution in [-0.4, -0.2) is 23.5 Å². The molecule has 2 aromatic rings. The second-order valence-corrected chi connectivity index (χ2v) is 5.95. The Bertz CT molecular complexity index is 716. The third-order valence-electron chi connectivity index (χ3n) is 3.54. The van der Waals surface area contributed by atoms with Crippen LogP contribution < -0.4 is 10.1 Å². The largest absolute Gasteiger partial charge is 0.488 e. The maximum absolute atomic E-state index is 12.3. The summed E-state index contributed by atoms with van der Waals surface area (Å²) in [7, 11) is 0. The zero-order valence-electron chi connectivity index (χ0n) is 13.7. The fourth-order valence-electron chi connectivity index (χ4n) is 2.22. The molecule has 0 saturated carbocycles. The number of rotatable bonds is 9. The van der Waals surface area contributed by atoms with E-state index in [1.165, 1.54) is 0 Å². The van der Waals surface area contributed by atoms with Gasteiger partial charge in [-0.1, -0.05) is 35.9 Å². The Balaban J connectivity index is 1.89. The molecule has 0 aromatic heterocycles. The Labute approximate surface area is 151 Å². The van der Waals surface area contributed by atoms with E-state index in [-0.39, 0.29) is 12.3 Å². The molecule has 2 aromatic carbocycles. The second kappa shape index (κ2) is 9.69. The topological polar surface area (TPSA) is 75.6 Å². The summed E-state index contributed by atoms with van der Waals surface area (Å²) in [6.45, 7) is 0.762. The highest BCUT2D eigenvalue weighted by Crippen LogP contribution is 2.20. The van der Waals surface area contributed by atoms with Crippen LogP contribution in [0.5, 0.6) is 5.75 Å². The van der Waals surface area contributed by atoms with Crippen molar-refractivity contribution in [2.24, 2.45) is 0 Å². The zero-order valence-corrected chi connectivity index (χ0v) is 14.5. The molecule has 0 fully saturated rings. The fraction of sp³-hybridized carbons (Fsp3) is 0.263. The van der Waals surface area contributed by atoms with Gasteiger partial charge in [-0.05, 0) is 42.7 Å². The van der Waals surface area contributed by atoms with Crippen molar-refractivity contribution in [1.29, 1.82) is 0 Å². The molecule has 1 amide bonds. The van der Waals surface area contributed by atoms with E-state index in [0.29, 0.717) is 42.3 Å². The summed E-state index contributed by atoms with van der Waals surface area (Å²) in [5.41, 5.74) is 1.41. The van der Waals surface area contributed by atoms with Crippen molar-refractivity contribution in [3.63, 3.8) is 0 Å². The summed E-state index contributed by atoms with van der Waals surface area (Å²) < 4.78 is 5.76. The Morgan fingerprint density at radius 3 is 2.48 bits per heavy atom. The van der Waals surface area contributed by atoms with Crippen LogP contribution >= 0.6 is 11.6 Å². The molecule has 2 N–H and O–H groups in total. The van der Waals surface area contributed by atoms with Crippen LogP contribution in [0, 0.1) is 0 Å². The van der Waals surface area contributed by atoms with Gasteiger partial charge in [0.25, 0.3) is 5.91 Å². The number of para-hydroxylation sites is 1. The predicted molar refractivity (Wildman–Crippen MR) is 96.0 cm³/mol. The number of ether oxygens (including phenoxy) is 1. The van der Waals surface area contributed by atoms with Gasteiger partial charge >= 0.3 is 5.97 Å². The minimum Gasteiger partial charge on any atom is -0.488 e. The summed E-state index contributed by atoms with van der Waals surface area (Å²) in [5.74, 6) is -0.560. The van der Waals surface area contributed by atoms with E-state index < -0.39 is 5.97 Å². The van der Waals surface area contributed by atoms with Gasteiger partial charge in [0.15, 0.2) is 0 Å². The SMILES string of the molecule is O=C(O)CCCCNC(=O)c1ccccc1OCc1ccc(Cl)cc1. The maximum Gasteiger partial charge on any atom is 0.303 e. The molecule has 0 radical (unpaired) electrons. The highest BCUT2D eigenvalue weighted by atomic mass is 35.5. The molecule has 0 unspecified atom stereocenters. The molecule has 0 aliphatic heterocycles. The number of carboxylic acids is 1. The minimum absolute atomic E-state index is 0.108. The predicted octanol–water partition coefficient (Wildman–Crippen LogP) is 3.90. The number of carboxylic acid groups (broad SMARTS) is 1. The number of unbranched alkanes of at least 4 members (excludes halogenated alkanes) is 1. The van der Waals surface area contributed by atoms with Crippen LogP contribution in [0.3, 0.4) is 0 Å². The molecule has 132 valence electrons. The van der Waals surface area contributed by atoms with E-state index in [4.69, 9.17) is 21.4 Å². The van der Waals surface area contributed by atoms with E-state index >= 15 is 0 Å². The van der Waals surface area contributed by atoms with Crippen molar-refractivity contribution >= 4 is 23.5 Å². The van der Waals surface area contributed by atoms with Crippen LogP contribution in [0.15, 0.2) is 48.5 Å². The highest BCUT2D eigenvalue weighted by molar-refractivity contribution is 6.30. The molecule has 0 aliphatic carbocycles. The van der Waals surface area contributed by atoms with E-state index in [1.807, 2.05) is 12.1 Å². The molecule has 0 saturated heterocycles. The number of aliphatic carboxylic acids is 1. The fourth-order valence-corrected chi connectivity index (χ4v) is 2.35. The van der Waals surface area contributed by atoms with Gasteiger partial charge in [0.05, 0.1) is 5.56 Å². The number of nitrogens with one attached hydrogen (secondary N) is 1. The van der Waals surface area contributed by atoms with E-state index in [1.54, 1.807) is 36.4 Å². The lowest BCUT2D eigenvalue weighted by atomic mass is 10.1. The molecule has 0 aliphatic rings. The van der Waals surface area contributed by atoms with Crippen molar-refractivity contribution in [2.45, 2.75) is 25.9 Å². The number of hydrogen-bond acceptors (Lipinski definition) is 3. The van der Waals surface area contributed by atoms with Gasteiger partial charge in [-0.25, -0.2) is 0 Å². The van der Waals surface area contributed by atoms with Crippen molar-refractivity contribution in [2.75, 3.05) is 6.54 Å². The van der Waals surface area contributed by atoms with Gasteiger partial charge < -0.3 is 15.2 Å². The van der Waals surface area contributed by atoms with Gasteiger partial charge in [-0.15, -0.1) is 0 Å². The van der Waals surface area contributed by atoms with Crippen molar-refractivity contribution in [3.05, 3.63) is 64.7 Å². The lowest BCUT2D eigenvalue weighted by Crippen LogP contribution is -2.25. The van der Waals surface area contributed by atoms with Crippen LogP contribution in [0.1, 0.15) is 35.2 Å².